The summed E-state index contributed by atoms with van der Waals surface area (Å²) in [7, 11) is 0. The van der Waals surface area contributed by atoms with Crippen molar-refractivity contribution in [3.05, 3.63) is 48.1 Å². The van der Waals surface area contributed by atoms with Crippen molar-refractivity contribution in [3.63, 3.8) is 0 Å². The molecule has 0 N–H and O–H groups in total. The van der Waals surface area contributed by atoms with Gasteiger partial charge in [-0.3, -0.25) is 4.90 Å². The van der Waals surface area contributed by atoms with Crippen molar-refractivity contribution >= 4 is 0 Å². The second-order valence-corrected chi connectivity index (χ2v) is 9.24. The number of unbranched alkanes of at least 4 members (excludes halogenated alkanes) is 4. The van der Waals surface area contributed by atoms with Gasteiger partial charge in [0.05, 0.1) is 0 Å². The van der Waals surface area contributed by atoms with Gasteiger partial charge in [0.25, 0.3) is 0 Å². The fraction of sp³-hybridized carbons (Fsp3) is 0.714. The Balaban J connectivity index is 4.16. The molecule has 0 aliphatic rings. The average Bonchev–Trinajstić information content (AvgIpc) is 2.65. The number of rotatable bonds is 17. The van der Waals surface area contributed by atoms with Gasteiger partial charge in [0.15, 0.2) is 0 Å². The van der Waals surface area contributed by atoms with E-state index in [0.717, 1.165) is 25.8 Å². The summed E-state index contributed by atoms with van der Waals surface area (Å²) in [4.78, 5) is 2.57. The smallest absolute Gasteiger partial charge is 0.00414 e. The first-order valence-electron chi connectivity index (χ1n) is 12.2. The summed E-state index contributed by atoms with van der Waals surface area (Å²) in [5.74, 6) is 0.578. The second kappa shape index (κ2) is 17.8. The first-order valence-corrected chi connectivity index (χ1v) is 12.2. The molecule has 0 amide bonds. The van der Waals surface area contributed by atoms with E-state index in [-0.39, 0.29) is 0 Å². The van der Waals surface area contributed by atoms with E-state index in [1.54, 1.807) is 0 Å². The van der Waals surface area contributed by atoms with Crippen LogP contribution in [0.3, 0.4) is 0 Å². The van der Waals surface area contributed by atoms with Crippen LogP contribution < -0.4 is 0 Å². The number of nitrogens with zero attached hydrogens (tertiary/aromatic N) is 1. The highest BCUT2D eigenvalue weighted by atomic mass is 15.2. The van der Waals surface area contributed by atoms with Crippen molar-refractivity contribution in [2.45, 2.75) is 118 Å². The van der Waals surface area contributed by atoms with Gasteiger partial charge >= 0.3 is 0 Å². The maximum absolute atomic E-state index is 4.29. The quantitative estimate of drug-likeness (QED) is 0.134. The molecule has 0 saturated carbocycles. The van der Waals surface area contributed by atoms with Crippen molar-refractivity contribution < 1.29 is 0 Å². The summed E-state index contributed by atoms with van der Waals surface area (Å²) in [5, 5.41) is 0. The standard InChI is InChI=1S/C28H51N/c1-9-11-12-13-15-18-26(7)23-27(8)19-16-14-17-20-28(10-2)21-22-29(24(3)4)25(5)6/h10,14,16-17,19,24-25,27H,7,9,11-13,15,18,20-23H2,1-6,8H3/b17-14-,19-16-,28-10+. The van der Waals surface area contributed by atoms with E-state index in [0.29, 0.717) is 18.0 Å². The molecule has 0 aromatic heterocycles. The largest absolute Gasteiger partial charge is 0.298 e. The van der Waals surface area contributed by atoms with Gasteiger partial charge in [-0.25, -0.2) is 0 Å². The van der Waals surface area contributed by atoms with Crippen LogP contribution in [0.15, 0.2) is 48.1 Å². The maximum atomic E-state index is 4.29. The SMILES string of the molecule is C=C(CCCCCCC)CC(C)/C=C\C=C/C/C(=C\C)CCN(C(C)C)C(C)C. The molecular formula is C28H51N. The molecule has 0 heterocycles. The summed E-state index contributed by atoms with van der Waals surface area (Å²) >= 11 is 0. The van der Waals surface area contributed by atoms with Gasteiger partial charge in [-0.05, 0) is 72.6 Å². The lowest BCUT2D eigenvalue weighted by Crippen LogP contribution is -2.37. The van der Waals surface area contributed by atoms with E-state index >= 15 is 0 Å². The summed E-state index contributed by atoms with van der Waals surface area (Å²) in [6.07, 6.45) is 22.7. The van der Waals surface area contributed by atoms with Crippen molar-refractivity contribution in [3.8, 4) is 0 Å². The molecule has 0 saturated heterocycles. The molecule has 0 fully saturated rings. The van der Waals surface area contributed by atoms with Crippen LogP contribution in [0.2, 0.25) is 0 Å². The van der Waals surface area contributed by atoms with E-state index < -0.39 is 0 Å². The zero-order chi connectivity index (χ0) is 22.1. The minimum Gasteiger partial charge on any atom is -0.298 e. The Morgan fingerprint density at radius 2 is 1.55 bits per heavy atom. The third-order valence-corrected chi connectivity index (χ3v) is 5.74. The highest BCUT2D eigenvalue weighted by molar-refractivity contribution is 5.12. The van der Waals surface area contributed by atoms with Crippen LogP contribution in [0, 0.1) is 5.92 Å². The predicted octanol–water partition coefficient (Wildman–Crippen LogP) is 8.89. The average molecular weight is 402 g/mol. The topological polar surface area (TPSA) is 3.24 Å². The highest BCUT2D eigenvalue weighted by Gasteiger charge is 2.12. The van der Waals surface area contributed by atoms with Gasteiger partial charge in [-0.1, -0.05) is 87.6 Å². The van der Waals surface area contributed by atoms with Crippen LogP contribution in [0.1, 0.15) is 106 Å². The zero-order valence-corrected chi connectivity index (χ0v) is 20.8. The molecule has 168 valence electrons. The molecule has 0 rings (SSSR count). The molecule has 0 aliphatic carbocycles. The van der Waals surface area contributed by atoms with Crippen molar-refractivity contribution in [1.29, 1.82) is 0 Å². The Kier molecular flexibility index (Phi) is 17.1. The van der Waals surface area contributed by atoms with Crippen molar-refractivity contribution in [1.82, 2.24) is 4.90 Å². The fourth-order valence-corrected chi connectivity index (χ4v) is 3.91. The molecule has 0 bridgehead atoms. The highest BCUT2D eigenvalue weighted by Crippen LogP contribution is 2.18. The molecule has 0 aromatic carbocycles. The number of allylic oxidation sites excluding steroid dienone is 6. The molecule has 0 radical (unpaired) electrons. The predicted molar refractivity (Wildman–Crippen MR) is 135 cm³/mol. The van der Waals surface area contributed by atoms with E-state index in [2.05, 4.69) is 90.3 Å². The fourth-order valence-electron chi connectivity index (χ4n) is 3.91. The molecular weight excluding hydrogens is 350 g/mol. The maximum Gasteiger partial charge on any atom is 0.00414 e. The van der Waals surface area contributed by atoms with E-state index in [1.165, 1.54) is 49.7 Å². The molecule has 1 heteroatoms. The molecule has 0 aromatic rings. The number of hydrogen-bond donors (Lipinski definition) is 0. The minimum absolute atomic E-state index is 0.578. The van der Waals surface area contributed by atoms with Gasteiger partial charge in [0.1, 0.15) is 0 Å². The van der Waals surface area contributed by atoms with E-state index in [1.807, 2.05) is 0 Å². The molecule has 0 spiro atoms. The van der Waals surface area contributed by atoms with Crippen LogP contribution in [-0.2, 0) is 0 Å². The van der Waals surface area contributed by atoms with Crippen LogP contribution in [0.4, 0.5) is 0 Å². The summed E-state index contributed by atoms with van der Waals surface area (Å²) in [6.45, 7) is 21.4. The second-order valence-electron chi connectivity index (χ2n) is 9.24. The monoisotopic (exact) mass is 401 g/mol. The van der Waals surface area contributed by atoms with Gasteiger partial charge < -0.3 is 0 Å². The lowest BCUT2D eigenvalue weighted by Gasteiger charge is -2.30. The third-order valence-electron chi connectivity index (χ3n) is 5.74. The summed E-state index contributed by atoms with van der Waals surface area (Å²) in [6, 6.07) is 1.22. The van der Waals surface area contributed by atoms with Crippen LogP contribution in [-0.4, -0.2) is 23.5 Å². The van der Waals surface area contributed by atoms with Crippen LogP contribution in [0.25, 0.3) is 0 Å². The lowest BCUT2D eigenvalue weighted by atomic mass is 9.97. The van der Waals surface area contributed by atoms with Crippen molar-refractivity contribution in [2.24, 2.45) is 5.92 Å². The van der Waals surface area contributed by atoms with Crippen molar-refractivity contribution in [2.75, 3.05) is 6.54 Å². The van der Waals surface area contributed by atoms with E-state index in [4.69, 9.17) is 0 Å². The molecule has 0 aliphatic heterocycles. The Hall–Kier alpha value is -1.08. The zero-order valence-electron chi connectivity index (χ0n) is 20.8. The van der Waals surface area contributed by atoms with Gasteiger partial charge in [-0.15, -0.1) is 0 Å². The molecule has 1 atom stereocenters. The summed E-state index contributed by atoms with van der Waals surface area (Å²) < 4.78 is 0. The molecule has 1 unspecified atom stereocenters. The van der Waals surface area contributed by atoms with Gasteiger partial charge in [-0.2, -0.15) is 0 Å². The minimum atomic E-state index is 0.578. The summed E-state index contributed by atoms with van der Waals surface area (Å²) in [5.41, 5.74) is 2.95. The molecule has 29 heavy (non-hydrogen) atoms. The Bertz CT molecular complexity index is 484. The Morgan fingerprint density at radius 3 is 2.14 bits per heavy atom. The van der Waals surface area contributed by atoms with E-state index in [9.17, 15) is 0 Å². The van der Waals surface area contributed by atoms with Gasteiger partial charge in [0, 0.05) is 18.6 Å². The number of hydrogen-bond acceptors (Lipinski definition) is 1. The third kappa shape index (κ3) is 15.4. The Morgan fingerprint density at radius 1 is 0.897 bits per heavy atom. The first kappa shape index (κ1) is 27.9. The van der Waals surface area contributed by atoms with Crippen LogP contribution >= 0.6 is 0 Å². The lowest BCUT2D eigenvalue weighted by molar-refractivity contribution is 0.177. The Labute approximate surface area is 184 Å². The van der Waals surface area contributed by atoms with Crippen LogP contribution in [0.5, 0.6) is 0 Å². The molecule has 1 nitrogen and oxygen atoms in total. The van der Waals surface area contributed by atoms with Gasteiger partial charge in [0.2, 0.25) is 0 Å². The first-order chi connectivity index (χ1) is 13.8. The normalized spacial score (nSPS) is 14.2.